The first kappa shape index (κ1) is 17.5. The van der Waals surface area contributed by atoms with Crippen LogP contribution in [0.2, 0.25) is 0 Å². The SMILES string of the molecule is [2H]c1c([2H])c([2H])c(-c2nc(-n3c4ccccc4c4ccc5ccc6c7ccccc7sc6c5c43)nc3ccccc23)c([2H])c1[2H]. The predicted octanol–water partition coefficient (Wildman–Crippen LogP) is 9.91. The zero-order valence-corrected chi connectivity index (χ0v) is 21.8. The Morgan fingerprint density at radius 2 is 1.35 bits per heavy atom. The highest BCUT2D eigenvalue weighted by Gasteiger charge is 2.20. The molecule has 0 radical (unpaired) electrons. The molecule has 6 aromatic carbocycles. The average Bonchev–Trinajstić information content (AvgIpc) is 3.62. The Balaban J connectivity index is 1.49. The van der Waals surface area contributed by atoms with E-state index < -0.39 is 18.1 Å². The molecule has 186 valence electrons. The molecular weight excluding hydrogens is 506 g/mol. The van der Waals surface area contributed by atoms with Gasteiger partial charge in [-0.1, -0.05) is 109 Å². The Morgan fingerprint density at radius 3 is 2.23 bits per heavy atom. The van der Waals surface area contributed by atoms with Gasteiger partial charge in [0.1, 0.15) is 0 Å². The number of nitrogens with zero attached hydrogens (tertiary/aromatic N) is 3. The Kier molecular flexibility index (Phi) is 3.60. The third-order valence-electron chi connectivity index (χ3n) is 7.69. The maximum atomic E-state index is 8.77. The number of thiophene rings is 1. The van der Waals surface area contributed by atoms with Crippen LogP contribution in [0.15, 0.2) is 127 Å². The molecule has 9 rings (SSSR count). The minimum atomic E-state index is -0.437. The third kappa shape index (κ3) is 2.99. The summed E-state index contributed by atoms with van der Waals surface area (Å²) < 4.78 is 46.9. The van der Waals surface area contributed by atoms with Gasteiger partial charge in [0.05, 0.1) is 29.1 Å². The molecule has 3 aromatic heterocycles. The second-order valence-electron chi connectivity index (χ2n) is 9.84. The number of rotatable bonds is 2. The zero-order valence-electron chi connectivity index (χ0n) is 26.0. The van der Waals surface area contributed by atoms with Crippen molar-refractivity contribution in [3.05, 3.63) is 127 Å². The molecule has 0 saturated heterocycles. The second kappa shape index (κ2) is 8.22. The molecule has 0 unspecified atom stereocenters. The van der Waals surface area contributed by atoms with E-state index in [0.29, 0.717) is 22.5 Å². The maximum absolute atomic E-state index is 8.77. The van der Waals surface area contributed by atoms with Gasteiger partial charge in [-0.15, -0.1) is 11.3 Å². The predicted molar refractivity (Wildman–Crippen MR) is 170 cm³/mol. The molecule has 0 aliphatic heterocycles. The standard InChI is InChI=1S/C36H21N3S/c1-2-10-23(11-3-1)33-28-14-4-7-15-29(28)37-36(38-33)39-30-16-8-5-12-24(30)26-20-18-22-19-21-27-25-13-6-9-17-31(25)40-35(27)32(22)34(26)39/h1-21H/i1D,2D,3D,10D,11D. The topological polar surface area (TPSA) is 30.7 Å². The highest BCUT2D eigenvalue weighted by molar-refractivity contribution is 7.26. The van der Waals surface area contributed by atoms with Crippen LogP contribution in [0.5, 0.6) is 0 Å². The van der Waals surface area contributed by atoms with Gasteiger partial charge in [-0.3, -0.25) is 4.57 Å². The molecule has 0 spiro atoms. The summed E-state index contributed by atoms with van der Waals surface area (Å²) in [5, 5.41) is 7.31. The first-order chi connectivity index (χ1) is 21.9. The highest BCUT2D eigenvalue weighted by Crippen LogP contribution is 2.44. The Labute approximate surface area is 240 Å². The monoisotopic (exact) mass is 532 g/mol. The summed E-state index contributed by atoms with van der Waals surface area (Å²) in [6.07, 6.45) is 0. The van der Waals surface area contributed by atoms with Crippen molar-refractivity contribution in [1.29, 1.82) is 0 Å². The number of para-hydroxylation sites is 2. The molecule has 0 saturated carbocycles. The molecule has 3 nitrogen and oxygen atoms in total. The summed E-state index contributed by atoms with van der Waals surface area (Å²) in [7, 11) is 0. The van der Waals surface area contributed by atoms with E-state index in [-0.39, 0.29) is 17.6 Å². The van der Waals surface area contributed by atoms with Crippen LogP contribution in [0.3, 0.4) is 0 Å². The van der Waals surface area contributed by atoms with Crippen LogP contribution < -0.4 is 0 Å². The van der Waals surface area contributed by atoms with Gasteiger partial charge in [0.2, 0.25) is 5.95 Å². The molecule has 0 amide bonds. The minimum absolute atomic E-state index is 0.0540. The molecule has 0 atom stereocenters. The molecule has 4 heteroatoms. The number of aromatic nitrogens is 3. The molecular formula is C36H21N3S. The second-order valence-corrected chi connectivity index (χ2v) is 10.9. The number of hydrogen-bond acceptors (Lipinski definition) is 3. The van der Waals surface area contributed by atoms with Crippen LogP contribution in [-0.2, 0) is 0 Å². The van der Waals surface area contributed by atoms with Crippen molar-refractivity contribution in [2.45, 2.75) is 0 Å². The van der Waals surface area contributed by atoms with Crippen molar-refractivity contribution >= 4 is 75.0 Å². The normalized spacial score (nSPS) is 13.8. The van der Waals surface area contributed by atoms with Gasteiger partial charge in [0.15, 0.2) is 0 Å². The van der Waals surface area contributed by atoms with E-state index in [0.717, 1.165) is 32.6 Å². The van der Waals surface area contributed by atoms with E-state index in [9.17, 15) is 0 Å². The van der Waals surface area contributed by atoms with E-state index in [4.69, 9.17) is 16.8 Å². The van der Waals surface area contributed by atoms with Gasteiger partial charge in [-0.25, -0.2) is 9.97 Å². The third-order valence-corrected chi connectivity index (χ3v) is 8.89. The molecule has 9 aromatic rings. The lowest BCUT2D eigenvalue weighted by Gasteiger charge is -2.13. The summed E-state index contributed by atoms with van der Waals surface area (Å²) in [6, 6.07) is 30.9. The fourth-order valence-corrected chi connectivity index (χ4v) is 7.23. The van der Waals surface area contributed by atoms with E-state index in [1.54, 1.807) is 11.3 Å². The highest BCUT2D eigenvalue weighted by atomic mass is 32.1. The first-order valence-corrected chi connectivity index (χ1v) is 13.8. The summed E-state index contributed by atoms with van der Waals surface area (Å²) >= 11 is 1.77. The maximum Gasteiger partial charge on any atom is 0.235 e. The summed E-state index contributed by atoms with van der Waals surface area (Å²) in [6.45, 7) is 0. The van der Waals surface area contributed by atoms with Crippen LogP contribution in [0.1, 0.15) is 6.85 Å². The van der Waals surface area contributed by atoms with Crippen molar-refractivity contribution in [1.82, 2.24) is 14.5 Å². The van der Waals surface area contributed by atoms with Crippen LogP contribution in [0.4, 0.5) is 0 Å². The Hall–Kier alpha value is -5.06. The molecule has 0 fully saturated rings. The van der Waals surface area contributed by atoms with Gasteiger partial charge in [0, 0.05) is 47.3 Å². The van der Waals surface area contributed by atoms with Crippen molar-refractivity contribution < 1.29 is 6.85 Å². The lowest BCUT2D eigenvalue weighted by molar-refractivity contribution is 1.02. The fraction of sp³-hybridized carbons (Fsp3) is 0. The zero-order chi connectivity index (χ0) is 30.6. The molecule has 3 heterocycles. The van der Waals surface area contributed by atoms with Crippen LogP contribution in [0, 0.1) is 0 Å². The number of fused-ring (bicyclic) bond motifs is 10. The summed E-state index contributed by atoms with van der Waals surface area (Å²) in [5.41, 5.74) is 2.85. The summed E-state index contributed by atoms with van der Waals surface area (Å²) in [5.74, 6) is 0.368. The van der Waals surface area contributed by atoms with E-state index in [1.807, 2.05) is 36.4 Å². The van der Waals surface area contributed by atoms with Gasteiger partial charge in [-0.2, -0.15) is 0 Å². The Morgan fingerprint density at radius 1 is 0.625 bits per heavy atom. The quantitative estimate of drug-likeness (QED) is 0.222. The van der Waals surface area contributed by atoms with E-state index in [1.165, 1.54) is 20.2 Å². The molecule has 40 heavy (non-hydrogen) atoms. The van der Waals surface area contributed by atoms with Crippen LogP contribution >= 0.6 is 11.3 Å². The lowest BCUT2D eigenvalue weighted by Crippen LogP contribution is -2.03. The van der Waals surface area contributed by atoms with Gasteiger partial charge in [0.25, 0.3) is 0 Å². The van der Waals surface area contributed by atoms with Crippen molar-refractivity contribution in [3.8, 4) is 17.2 Å². The van der Waals surface area contributed by atoms with E-state index in [2.05, 4.69) is 65.2 Å². The number of benzene rings is 6. The van der Waals surface area contributed by atoms with Gasteiger partial charge < -0.3 is 0 Å². The molecule has 0 aliphatic carbocycles. The molecule has 0 aliphatic rings. The van der Waals surface area contributed by atoms with Crippen molar-refractivity contribution in [2.24, 2.45) is 0 Å². The molecule has 0 bridgehead atoms. The summed E-state index contributed by atoms with van der Waals surface area (Å²) in [4.78, 5) is 10.1. The molecule has 0 N–H and O–H groups in total. The van der Waals surface area contributed by atoms with Gasteiger partial charge >= 0.3 is 0 Å². The van der Waals surface area contributed by atoms with Crippen molar-refractivity contribution in [3.63, 3.8) is 0 Å². The Bertz CT molecular complexity index is 2700. The van der Waals surface area contributed by atoms with Crippen LogP contribution in [0.25, 0.3) is 80.9 Å². The lowest BCUT2D eigenvalue weighted by atomic mass is 10.0. The van der Waals surface area contributed by atoms with E-state index >= 15 is 0 Å². The minimum Gasteiger partial charge on any atom is -0.277 e. The smallest absolute Gasteiger partial charge is 0.235 e. The number of hydrogen-bond donors (Lipinski definition) is 0. The fourth-order valence-electron chi connectivity index (χ4n) is 5.97. The largest absolute Gasteiger partial charge is 0.277 e. The average molecular weight is 533 g/mol. The van der Waals surface area contributed by atoms with Gasteiger partial charge in [-0.05, 0) is 23.6 Å². The van der Waals surface area contributed by atoms with Crippen molar-refractivity contribution in [2.75, 3.05) is 0 Å². The first-order valence-electron chi connectivity index (χ1n) is 15.5. The van der Waals surface area contributed by atoms with Crippen LogP contribution in [-0.4, -0.2) is 14.5 Å².